The standard InChI is InChI=1S/C19H34O/c1-3-4-5-6-7-8-9-10-13-17(2)16-18-14-11-12-15-19(18)20/h8-9,13,18-20H,3-7,10-12,14-16H2,1-2H3/b9-8+,17-13+/t18-,19+/m1/s1. The van der Waals surface area contributed by atoms with E-state index in [0.717, 1.165) is 19.3 Å². The lowest BCUT2D eigenvalue weighted by Crippen LogP contribution is -2.24. The lowest BCUT2D eigenvalue weighted by molar-refractivity contribution is 0.0700. The van der Waals surface area contributed by atoms with Gasteiger partial charge >= 0.3 is 0 Å². The Morgan fingerprint density at radius 3 is 2.65 bits per heavy atom. The predicted molar refractivity (Wildman–Crippen MR) is 88.9 cm³/mol. The van der Waals surface area contributed by atoms with Crippen LogP contribution >= 0.6 is 0 Å². The molecule has 0 aromatic carbocycles. The molecule has 1 heteroatoms. The number of hydrogen-bond donors (Lipinski definition) is 1. The van der Waals surface area contributed by atoms with Gasteiger partial charge in [0, 0.05) is 0 Å². The molecule has 0 spiro atoms. The summed E-state index contributed by atoms with van der Waals surface area (Å²) in [4.78, 5) is 0. The summed E-state index contributed by atoms with van der Waals surface area (Å²) in [5, 5.41) is 9.99. The molecule has 1 saturated carbocycles. The maximum Gasteiger partial charge on any atom is 0.0571 e. The second-order valence-electron chi connectivity index (χ2n) is 6.42. The maximum absolute atomic E-state index is 9.99. The van der Waals surface area contributed by atoms with Gasteiger partial charge in [-0.05, 0) is 51.4 Å². The average Bonchev–Trinajstić information content (AvgIpc) is 2.44. The van der Waals surface area contributed by atoms with Gasteiger partial charge in [-0.25, -0.2) is 0 Å². The van der Waals surface area contributed by atoms with Gasteiger partial charge in [-0.1, -0.05) is 62.8 Å². The molecule has 0 heterocycles. The Morgan fingerprint density at radius 2 is 1.90 bits per heavy atom. The highest BCUT2D eigenvalue weighted by Crippen LogP contribution is 2.29. The van der Waals surface area contributed by atoms with E-state index in [2.05, 4.69) is 32.1 Å². The van der Waals surface area contributed by atoms with Gasteiger partial charge in [0.25, 0.3) is 0 Å². The Labute approximate surface area is 126 Å². The molecule has 0 aliphatic heterocycles. The van der Waals surface area contributed by atoms with Crippen LogP contribution < -0.4 is 0 Å². The van der Waals surface area contributed by atoms with Crippen molar-refractivity contribution in [3.63, 3.8) is 0 Å². The molecule has 20 heavy (non-hydrogen) atoms. The first-order valence-electron chi connectivity index (χ1n) is 8.72. The molecule has 0 bridgehead atoms. The highest BCUT2D eigenvalue weighted by Gasteiger charge is 2.22. The molecule has 0 aromatic heterocycles. The fourth-order valence-corrected chi connectivity index (χ4v) is 3.10. The van der Waals surface area contributed by atoms with Gasteiger partial charge in [0.05, 0.1) is 6.10 Å². The van der Waals surface area contributed by atoms with E-state index in [4.69, 9.17) is 0 Å². The Hall–Kier alpha value is -0.560. The minimum Gasteiger partial charge on any atom is -0.393 e. The fourth-order valence-electron chi connectivity index (χ4n) is 3.10. The molecule has 0 amide bonds. The van der Waals surface area contributed by atoms with Crippen molar-refractivity contribution in [3.05, 3.63) is 23.8 Å². The molecule has 0 unspecified atom stereocenters. The zero-order valence-electron chi connectivity index (χ0n) is 13.6. The van der Waals surface area contributed by atoms with Crippen LogP contribution in [-0.2, 0) is 0 Å². The van der Waals surface area contributed by atoms with Crippen LogP contribution in [-0.4, -0.2) is 11.2 Å². The van der Waals surface area contributed by atoms with Gasteiger partial charge < -0.3 is 5.11 Å². The van der Waals surface area contributed by atoms with Crippen LogP contribution in [0.5, 0.6) is 0 Å². The van der Waals surface area contributed by atoms with E-state index in [0.29, 0.717) is 5.92 Å². The first-order valence-corrected chi connectivity index (χ1v) is 8.72. The Balaban J connectivity index is 2.12. The third-order valence-electron chi connectivity index (χ3n) is 4.45. The van der Waals surface area contributed by atoms with Crippen molar-refractivity contribution < 1.29 is 5.11 Å². The van der Waals surface area contributed by atoms with Crippen LogP contribution in [0.3, 0.4) is 0 Å². The number of rotatable bonds is 9. The van der Waals surface area contributed by atoms with Crippen molar-refractivity contribution in [1.82, 2.24) is 0 Å². The third-order valence-corrected chi connectivity index (χ3v) is 4.45. The second kappa shape index (κ2) is 11.1. The maximum atomic E-state index is 9.99. The monoisotopic (exact) mass is 278 g/mol. The first kappa shape index (κ1) is 17.5. The summed E-state index contributed by atoms with van der Waals surface area (Å²) in [6, 6.07) is 0. The van der Waals surface area contributed by atoms with Gasteiger partial charge in [0.1, 0.15) is 0 Å². The highest BCUT2D eigenvalue weighted by molar-refractivity contribution is 5.04. The minimum atomic E-state index is -0.0544. The van der Waals surface area contributed by atoms with Gasteiger partial charge in [-0.3, -0.25) is 0 Å². The quantitative estimate of drug-likeness (QED) is 0.418. The van der Waals surface area contributed by atoms with E-state index in [9.17, 15) is 5.11 Å². The van der Waals surface area contributed by atoms with Crippen LogP contribution in [0, 0.1) is 5.92 Å². The molecule has 0 saturated heterocycles. The van der Waals surface area contributed by atoms with Crippen molar-refractivity contribution in [2.75, 3.05) is 0 Å². The molecule has 1 fully saturated rings. The van der Waals surface area contributed by atoms with Gasteiger partial charge in [-0.15, -0.1) is 0 Å². The molecule has 1 N–H and O–H groups in total. The topological polar surface area (TPSA) is 20.2 Å². The molecule has 1 aliphatic rings. The van der Waals surface area contributed by atoms with E-state index < -0.39 is 0 Å². The minimum absolute atomic E-state index is 0.0544. The largest absolute Gasteiger partial charge is 0.393 e. The third kappa shape index (κ3) is 7.89. The van der Waals surface area contributed by atoms with Crippen molar-refractivity contribution in [2.24, 2.45) is 5.92 Å². The van der Waals surface area contributed by atoms with Crippen LogP contribution in [0.25, 0.3) is 0 Å². The molecule has 0 radical (unpaired) electrons. The van der Waals surface area contributed by atoms with Crippen molar-refractivity contribution in [1.29, 1.82) is 0 Å². The van der Waals surface area contributed by atoms with E-state index in [1.165, 1.54) is 56.9 Å². The van der Waals surface area contributed by atoms with Gasteiger partial charge in [-0.2, -0.15) is 0 Å². The van der Waals surface area contributed by atoms with Crippen LogP contribution in [0.1, 0.15) is 84.5 Å². The summed E-state index contributed by atoms with van der Waals surface area (Å²) in [5.74, 6) is 0.512. The fraction of sp³-hybridized carbons (Fsp3) is 0.789. The van der Waals surface area contributed by atoms with Gasteiger partial charge in [0.2, 0.25) is 0 Å². The number of aliphatic hydroxyl groups is 1. The second-order valence-corrected chi connectivity index (χ2v) is 6.42. The van der Waals surface area contributed by atoms with Crippen LogP contribution in [0.15, 0.2) is 23.8 Å². The zero-order valence-corrected chi connectivity index (χ0v) is 13.6. The normalized spacial score (nSPS) is 24.4. The van der Waals surface area contributed by atoms with E-state index in [1.54, 1.807) is 0 Å². The number of unbranched alkanes of at least 4 members (excludes halogenated alkanes) is 4. The smallest absolute Gasteiger partial charge is 0.0571 e. The molecule has 1 aliphatic carbocycles. The summed E-state index contributed by atoms with van der Waals surface area (Å²) in [6.07, 6.45) is 20.4. The Kier molecular flexibility index (Phi) is 9.74. The SMILES string of the molecule is CCCCCC/C=C/C/C=C(\C)C[C@H]1CCCC[C@@H]1O. The summed E-state index contributed by atoms with van der Waals surface area (Å²) in [7, 11) is 0. The molecule has 1 rings (SSSR count). The van der Waals surface area contributed by atoms with Crippen molar-refractivity contribution >= 4 is 0 Å². The molecule has 1 nitrogen and oxygen atoms in total. The lowest BCUT2D eigenvalue weighted by atomic mass is 9.82. The van der Waals surface area contributed by atoms with Gasteiger partial charge in [0.15, 0.2) is 0 Å². The first-order chi connectivity index (χ1) is 9.74. The summed E-state index contributed by atoms with van der Waals surface area (Å²) in [5.41, 5.74) is 1.45. The molecule has 2 atom stereocenters. The number of allylic oxidation sites excluding steroid dienone is 4. The molecule has 0 aromatic rings. The zero-order chi connectivity index (χ0) is 14.6. The Bertz CT molecular complexity index is 290. The van der Waals surface area contributed by atoms with Crippen molar-refractivity contribution in [2.45, 2.75) is 90.6 Å². The molecule has 116 valence electrons. The number of aliphatic hydroxyl groups excluding tert-OH is 1. The average molecular weight is 278 g/mol. The lowest BCUT2D eigenvalue weighted by Gasteiger charge is -2.27. The van der Waals surface area contributed by atoms with Crippen LogP contribution in [0.4, 0.5) is 0 Å². The Morgan fingerprint density at radius 1 is 1.10 bits per heavy atom. The van der Waals surface area contributed by atoms with E-state index in [-0.39, 0.29) is 6.10 Å². The predicted octanol–water partition coefficient (Wildman–Crippen LogP) is 5.79. The summed E-state index contributed by atoms with van der Waals surface area (Å²) in [6.45, 7) is 4.48. The summed E-state index contributed by atoms with van der Waals surface area (Å²) < 4.78 is 0. The molecular formula is C19H34O. The van der Waals surface area contributed by atoms with E-state index >= 15 is 0 Å². The van der Waals surface area contributed by atoms with Crippen molar-refractivity contribution in [3.8, 4) is 0 Å². The summed E-state index contributed by atoms with van der Waals surface area (Å²) >= 11 is 0. The van der Waals surface area contributed by atoms with Crippen LogP contribution in [0.2, 0.25) is 0 Å². The van der Waals surface area contributed by atoms with E-state index in [1.807, 2.05) is 0 Å². The molecular weight excluding hydrogens is 244 g/mol. The number of hydrogen-bond acceptors (Lipinski definition) is 1. The highest BCUT2D eigenvalue weighted by atomic mass is 16.3.